The summed E-state index contributed by atoms with van der Waals surface area (Å²) in [7, 11) is -3.58. The average Bonchev–Trinajstić information content (AvgIpc) is 3.07. The molecule has 0 fully saturated rings. The molecule has 25 heavy (non-hydrogen) atoms. The second kappa shape index (κ2) is 8.20. The van der Waals surface area contributed by atoms with E-state index in [-0.39, 0.29) is 29.1 Å². The van der Waals surface area contributed by atoms with Crippen molar-refractivity contribution in [2.75, 3.05) is 12.3 Å². The molecule has 0 bridgehead atoms. The maximum absolute atomic E-state index is 12.6. The highest BCUT2D eigenvalue weighted by molar-refractivity contribution is 7.87. The van der Waals surface area contributed by atoms with Gasteiger partial charge in [0.2, 0.25) is 0 Å². The molecule has 0 atom stereocenters. The van der Waals surface area contributed by atoms with Gasteiger partial charge in [-0.1, -0.05) is 26.0 Å². The summed E-state index contributed by atoms with van der Waals surface area (Å²) in [6.07, 6.45) is 1.46. The Morgan fingerprint density at radius 1 is 1.24 bits per heavy atom. The van der Waals surface area contributed by atoms with Crippen LogP contribution in [0.5, 0.6) is 5.75 Å². The molecule has 0 radical (unpaired) electrons. The summed E-state index contributed by atoms with van der Waals surface area (Å²) >= 11 is 0. The predicted molar refractivity (Wildman–Crippen MR) is 94.8 cm³/mol. The van der Waals surface area contributed by atoms with Gasteiger partial charge in [-0.15, -0.1) is 0 Å². The molecule has 2 aromatic rings. The molecule has 1 aromatic carbocycles. The largest absolute Gasteiger partial charge is 0.459 e. The summed E-state index contributed by atoms with van der Waals surface area (Å²) in [6, 6.07) is 10.1. The van der Waals surface area contributed by atoms with Gasteiger partial charge in [-0.05, 0) is 42.7 Å². The van der Waals surface area contributed by atoms with Crippen molar-refractivity contribution in [1.82, 2.24) is 4.90 Å². The van der Waals surface area contributed by atoms with E-state index in [0.717, 1.165) is 5.56 Å². The van der Waals surface area contributed by atoms with Gasteiger partial charge in [-0.25, -0.2) is 0 Å². The summed E-state index contributed by atoms with van der Waals surface area (Å²) in [4.78, 5) is 14.3. The van der Waals surface area contributed by atoms with Crippen molar-refractivity contribution in [2.24, 2.45) is 5.92 Å². The molecule has 0 N–H and O–H groups in total. The van der Waals surface area contributed by atoms with E-state index >= 15 is 0 Å². The third-order valence-electron chi connectivity index (χ3n) is 3.45. The molecule has 0 aliphatic heterocycles. The number of rotatable bonds is 8. The van der Waals surface area contributed by atoms with Gasteiger partial charge < -0.3 is 13.5 Å². The third-order valence-corrected chi connectivity index (χ3v) is 4.61. The minimum atomic E-state index is -3.58. The van der Waals surface area contributed by atoms with Gasteiger partial charge in [-0.3, -0.25) is 4.79 Å². The maximum atomic E-state index is 12.6. The first-order chi connectivity index (χ1) is 11.8. The van der Waals surface area contributed by atoms with Crippen LogP contribution < -0.4 is 4.18 Å². The molecule has 0 spiro atoms. The molecular formula is C18H23NO5S. The molecule has 7 heteroatoms. The second-order valence-electron chi connectivity index (χ2n) is 6.13. The second-order valence-corrected chi connectivity index (χ2v) is 7.99. The zero-order valence-electron chi connectivity index (χ0n) is 14.6. The fourth-order valence-corrected chi connectivity index (χ4v) is 2.85. The summed E-state index contributed by atoms with van der Waals surface area (Å²) in [6.45, 7) is 6.45. The average molecular weight is 365 g/mol. The van der Waals surface area contributed by atoms with Gasteiger partial charge in [0.1, 0.15) is 5.75 Å². The highest BCUT2D eigenvalue weighted by atomic mass is 32.2. The normalized spacial score (nSPS) is 11.5. The van der Waals surface area contributed by atoms with Crippen LogP contribution in [0.25, 0.3) is 0 Å². The Kier molecular flexibility index (Phi) is 6.25. The van der Waals surface area contributed by atoms with Crippen molar-refractivity contribution in [3.63, 3.8) is 0 Å². The van der Waals surface area contributed by atoms with E-state index in [2.05, 4.69) is 0 Å². The molecule has 0 saturated heterocycles. The van der Waals surface area contributed by atoms with Crippen LogP contribution in [0.15, 0.2) is 47.1 Å². The fraction of sp³-hybridized carbons (Fsp3) is 0.389. The maximum Gasteiger partial charge on any atom is 0.308 e. The van der Waals surface area contributed by atoms with Gasteiger partial charge in [0.15, 0.2) is 5.76 Å². The van der Waals surface area contributed by atoms with Crippen molar-refractivity contribution in [2.45, 2.75) is 27.3 Å². The topological polar surface area (TPSA) is 76.8 Å². The van der Waals surface area contributed by atoms with E-state index in [1.165, 1.54) is 13.2 Å². The van der Waals surface area contributed by atoms with Crippen LogP contribution in [-0.2, 0) is 16.7 Å². The molecule has 1 amide bonds. The lowest BCUT2D eigenvalue weighted by molar-refractivity contribution is 0.0690. The number of nitrogens with zero attached hydrogens (tertiary/aromatic N) is 1. The van der Waals surface area contributed by atoms with Crippen LogP contribution in [-0.4, -0.2) is 31.5 Å². The minimum Gasteiger partial charge on any atom is -0.459 e. The van der Waals surface area contributed by atoms with Crippen LogP contribution in [0.1, 0.15) is 36.9 Å². The zero-order chi connectivity index (χ0) is 18.4. The predicted octanol–water partition coefficient (Wildman–Crippen LogP) is 3.31. The van der Waals surface area contributed by atoms with Gasteiger partial charge in [-0.2, -0.15) is 8.42 Å². The summed E-state index contributed by atoms with van der Waals surface area (Å²) in [5, 5.41) is 0. The quantitative estimate of drug-likeness (QED) is 0.671. The molecule has 0 aliphatic rings. The first kappa shape index (κ1) is 19.1. The highest BCUT2D eigenvalue weighted by Gasteiger charge is 2.20. The lowest BCUT2D eigenvalue weighted by atomic mass is 10.1. The summed E-state index contributed by atoms with van der Waals surface area (Å²) in [5.41, 5.74) is 0.782. The van der Waals surface area contributed by atoms with Crippen molar-refractivity contribution in [3.8, 4) is 5.75 Å². The number of benzene rings is 1. The lowest BCUT2D eigenvalue weighted by Gasteiger charge is -2.24. The molecule has 0 unspecified atom stereocenters. The minimum absolute atomic E-state index is 0.103. The molecule has 1 heterocycles. The first-order valence-electron chi connectivity index (χ1n) is 8.14. The van der Waals surface area contributed by atoms with Crippen molar-refractivity contribution in [1.29, 1.82) is 0 Å². The van der Waals surface area contributed by atoms with E-state index in [9.17, 15) is 13.2 Å². The van der Waals surface area contributed by atoms with E-state index in [1.807, 2.05) is 19.9 Å². The Hall–Kier alpha value is -2.28. The summed E-state index contributed by atoms with van der Waals surface area (Å²) < 4.78 is 33.5. The van der Waals surface area contributed by atoms with Crippen LogP contribution in [0.4, 0.5) is 0 Å². The van der Waals surface area contributed by atoms with Gasteiger partial charge in [0.05, 0.1) is 12.0 Å². The number of amides is 1. The molecule has 136 valence electrons. The highest BCUT2D eigenvalue weighted by Crippen LogP contribution is 2.19. The number of hydrogen-bond donors (Lipinski definition) is 0. The summed E-state index contributed by atoms with van der Waals surface area (Å²) in [5.74, 6) is 0.495. The van der Waals surface area contributed by atoms with Crippen molar-refractivity contribution in [3.05, 3.63) is 54.0 Å². The standard InChI is InChI=1S/C18H23NO5S/c1-4-25(21,22)24-16-8-5-7-15(11-16)13-19(12-14(2)3)18(20)17-9-6-10-23-17/h5-11,14H,4,12-13H2,1-3H3. The molecule has 1 aromatic heterocycles. The van der Waals surface area contributed by atoms with Gasteiger partial charge in [0, 0.05) is 13.1 Å². The fourth-order valence-electron chi connectivity index (χ4n) is 2.34. The third kappa shape index (κ3) is 5.63. The smallest absolute Gasteiger partial charge is 0.308 e. The van der Waals surface area contributed by atoms with E-state index in [1.54, 1.807) is 35.2 Å². The van der Waals surface area contributed by atoms with Gasteiger partial charge >= 0.3 is 10.1 Å². The van der Waals surface area contributed by atoms with E-state index in [0.29, 0.717) is 13.1 Å². The van der Waals surface area contributed by atoms with Crippen LogP contribution in [0.2, 0.25) is 0 Å². The monoisotopic (exact) mass is 365 g/mol. The van der Waals surface area contributed by atoms with E-state index in [4.69, 9.17) is 8.60 Å². The Bertz CT molecular complexity index is 797. The van der Waals surface area contributed by atoms with Crippen molar-refractivity contribution >= 4 is 16.0 Å². The Labute approximate surface area is 148 Å². The number of carbonyl (C=O) groups is 1. The van der Waals surface area contributed by atoms with Gasteiger partial charge in [0.25, 0.3) is 5.91 Å². The Balaban J connectivity index is 2.19. The molecule has 0 aliphatic carbocycles. The molecule has 0 saturated carbocycles. The van der Waals surface area contributed by atoms with Crippen molar-refractivity contribution < 1.29 is 21.8 Å². The SMILES string of the molecule is CCS(=O)(=O)Oc1cccc(CN(CC(C)C)C(=O)c2ccco2)c1. The Morgan fingerprint density at radius 3 is 2.60 bits per heavy atom. The molecular weight excluding hydrogens is 342 g/mol. The first-order valence-corrected chi connectivity index (χ1v) is 9.72. The number of carbonyl (C=O) groups excluding carboxylic acids is 1. The van der Waals surface area contributed by atoms with Crippen LogP contribution >= 0.6 is 0 Å². The Morgan fingerprint density at radius 2 is 2.00 bits per heavy atom. The molecule has 2 rings (SSSR count). The zero-order valence-corrected chi connectivity index (χ0v) is 15.5. The number of furan rings is 1. The molecule has 6 nitrogen and oxygen atoms in total. The lowest BCUT2D eigenvalue weighted by Crippen LogP contribution is -2.33. The van der Waals surface area contributed by atoms with Crippen LogP contribution in [0.3, 0.4) is 0 Å². The van der Waals surface area contributed by atoms with E-state index < -0.39 is 10.1 Å². The number of hydrogen-bond acceptors (Lipinski definition) is 5. The van der Waals surface area contributed by atoms with Crippen LogP contribution in [0, 0.1) is 5.92 Å².